The molecule has 1 heterocycles. The summed E-state index contributed by atoms with van der Waals surface area (Å²) < 4.78 is 29.6. The number of carbonyl (C=O) groups excluding carboxylic acids is 1. The maximum absolute atomic E-state index is 12.4. The molecule has 0 aliphatic carbocycles. The molecule has 3 rings (SSSR count). The summed E-state index contributed by atoms with van der Waals surface area (Å²) in [7, 11) is 0. The average molecular weight is 389 g/mol. The van der Waals surface area contributed by atoms with E-state index in [4.69, 9.17) is 0 Å². The lowest BCUT2D eigenvalue weighted by atomic mass is 10.1. The van der Waals surface area contributed by atoms with Gasteiger partial charge in [-0.15, -0.1) is 0 Å². The zero-order chi connectivity index (χ0) is 20.3. The number of hydrogen-bond donors (Lipinski definition) is 2. The Hall–Kier alpha value is -3.49. The molecular weight excluding hydrogens is 372 g/mol. The Balaban J connectivity index is 1.72. The van der Waals surface area contributed by atoms with Crippen molar-refractivity contribution in [2.45, 2.75) is 26.1 Å². The lowest BCUT2D eigenvalue weighted by Crippen LogP contribution is -2.37. The Morgan fingerprint density at radius 1 is 1.11 bits per heavy atom. The Kier molecular flexibility index (Phi) is 5.53. The van der Waals surface area contributed by atoms with Crippen LogP contribution >= 0.6 is 0 Å². The Labute approximate surface area is 157 Å². The van der Waals surface area contributed by atoms with Gasteiger partial charge >= 0.3 is 6.61 Å². The van der Waals surface area contributed by atoms with Crippen LogP contribution in [-0.4, -0.2) is 22.3 Å². The molecule has 0 spiro atoms. The number of aromatic nitrogens is 2. The summed E-state index contributed by atoms with van der Waals surface area (Å²) in [5, 5.41) is 5.56. The van der Waals surface area contributed by atoms with Gasteiger partial charge in [-0.1, -0.05) is 24.3 Å². The van der Waals surface area contributed by atoms with Crippen molar-refractivity contribution in [2.75, 3.05) is 0 Å². The van der Waals surface area contributed by atoms with E-state index in [0.29, 0.717) is 5.56 Å². The standard InChI is InChI=1S/C19H17F2N3O4/c1-11(12-6-8-13(9-7-12)28-19(20)21)22-16(25)10-24-18(27)15-5-3-2-4-14(15)17(26)23-24/h2-9,11,19H,10H2,1H3,(H,22,25)(H,23,26). The number of nitrogens with one attached hydrogen (secondary N) is 2. The van der Waals surface area contributed by atoms with E-state index < -0.39 is 29.7 Å². The fourth-order valence-corrected chi connectivity index (χ4v) is 2.81. The SMILES string of the molecule is CC(NC(=O)Cn1[nH]c(=O)c2ccccc2c1=O)c1ccc(OC(F)F)cc1. The largest absolute Gasteiger partial charge is 0.435 e. The number of amides is 1. The fraction of sp³-hybridized carbons (Fsp3) is 0.211. The fourth-order valence-electron chi connectivity index (χ4n) is 2.81. The molecule has 0 saturated heterocycles. The molecule has 0 radical (unpaired) electrons. The third-order valence-electron chi connectivity index (χ3n) is 4.17. The molecular formula is C19H17F2N3O4. The van der Waals surface area contributed by atoms with Crippen LogP contribution in [0.15, 0.2) is 58.1 Å². The van der Waals surface area contributed by atoms with Crippen molar-refractivity contribution in [1.29, 1.82) is 0 Å². The van der Waals surface area contributed by atoms with E-state index in [9.17, 15) is 23.2 Å². The smallest absolute Gasteiger partial charge is 0.387 e. The Morgan fingerprint density at radius 3 is 2.39 bits per heavy atom. The van der Waals surface area contributed by atoms with E-state index in [2.05, 4.69) is 15.2 Å². The molecule has 0 bridgehead atoms. The first kappa shape index (κ1) is 19.3. The van der Waals surface area contributed by atoms with Crippen LogP contribution in [-0.2, 0) is 11.3 Å². The molecule has 2 aromatic carbocycles. The zero-order valence-electron chi connectivity index (χ0n) is 14.8. The lowest BCUT2D eigenvalue weighted by Gasteiger charge is -2.15. The molecule has 1 unspecified atom stereocenters. The van der Waals surface area contributed by atoms with E-state index in [-0.39, 0.29) is 23.1 Å². The number of alkyl halides is 2. The first-order chi connectivity index (χ1) is 13.3. The molecule has 1 aromatic heterocycles. The molecule has 28 heavy (non-hydrogen) atoms. The van der Waals surface area contributed by atoms with Gasteiger partial charge in [-0.3, -0.25) is 19.5 Å². The maximum Gasteiger partial charge on any atom is 0.387 e. The van der Waals surface area contributed by atoms with Crippen molar-refractivity contribution in [2.24, 2.45) is 0 Å². The number of H-pyrrole nitrogens is 1. The van der Waals surface area contributed by atoms with Gasteiger partial charge in [-0.2, -0.15) is 8.78 Å². The summed E-state index contributed by atoms with van der Waals surface area (Å²) >= 11 is 0. The monoisotopic (exact) mass is 389 g/mol. The summed E-state index contributed by atoms with van der Waals surface area (Å²) in [5.74, 6) is -0.481. The summed E-state index contributed by atoms with van der Waals surface area (Å²) in [6, 6.07) is 11.7. The van der Waals surface area contributed by atoms with E-state index in [1.54, 1.807) is 31.2 Å². The Bertz CT molecular complexity index is 1110. The minimum Gasteiger partial charge on any atom is -0.435 e. The van der Waals surface area contributed by atoms with Crippen LogP contribution in [0.2, 0.25) is 0 Å². The summed E-state index contributed by atoms with van der Waals surface area (Å²) in [6.45, 7) is -1.58. The Morgan fingerprint density at radius 2 is 1.75 bits per heavy atom. The lowest BCUT2D eigenvalue weighted by molar-refractivity contribution is -0.122. The van der Waals surface area contributed by atoms with Crippen LogP contribution in [0.3, 0.4) is 0 Å². The summed E-state index contributed by atoms with van der Waals surface area (Å²) in [5.41, 5.74) is -0.286. The summed E-state index contributed by atoms with van der Waals surface area (Å²) in [6.07, 6.45) is 0. The van der Waals surface area contributed by atoms with Gasteiger partial charge in [0.05, 0.1) is 16.8 Å². The van der Waals surface area contributed by atoms with Crippen LogP contribution in [0.25, 0.3) is 10.8 Å². The number of fused-ring (bicyclic) bond motifs is 1. The zero-order valence-corrected chi connectivity index (χ0v) is 14.8. The summed E-state index contributed by atoms with van der Waals surface area (Å²) in [4.78, 5) is 36.8. The van der Waals surface area contributed by atoms with Crippen LogP contribution in [0.5, 0.6) is 5.75 Å². The third-order valence-corrected chi connectivity index (χ3v) is 4.17. The van der Waals surface area contributed by atoms with Crippen molar-refractivity contribution in [1.82, 2.24) is 15.1 Å². The topological polar surface area (TPSA) is 93.2 Å². The van der Waals surface area contributed by atoms with Crippen LogP contribution < -0.4 is 21.2 Å². The first-order valence-electron chi connectivity index (χ1n) is 8.41. The first-order valence-corrected chi connectivity index (χ1v) is 8.41. The van der Waals surface area contributed by atoms with Crippen LogP contribution in [0.1, 0.15) is 18.5 Å². The quantitative estimate of drug-likeness (QED) is 0.676. The van der Waals surface area contributed by atoms with Gasteiger partial charge in [0.15, 0.2) is 0 Å². The van der Waals surface area contributed by atoms with Gasteiger partial charge < -0.3 is 10.1 Å². The van der Waals surface area contributed by atoms with Gasteiger partial charge in [0.2, 0.25) is 5.91 Å². The number of carbonyl (C=O) groups is 1. The number of halogens is 2. The highest BCUT2D eigenvalue weighted by atomic mass is 19.3. The molecule has 2 N–H and O–H groups in total. The van der Waals surface area contributed by atoms with Gasteiger partial charge in [-0.05, 0) is 36.8 Å². The minimum atomic E-state index is -2.91. The van der Waals surface area contributed by atoms with E-state index in [1.807, 2.05) is 0 Å². The van der Waals surface area contributed by atoms with Gasteiger partial charge in [-0.25, -0.2) is 4.68 Å². The molecule has 3 aromatic rings. The predicted octanol–water partition coefficient (Wildman–Crippen LogP) is 2.17. The molecule has 0 aliphatic heterocycles. The molecule has 1 amide bonds. The minimum absolute atomic E-state index is 0.0116. The molecule has 7 nitrogen and oxygen atoms in total. The van der Waals surface area contributed by atoms with Crippen molar-refractivity contribution in [3.63, 3.8) is 0 Å². The van der Waals surface area contributed by atoms with Gasteiger partial charge in [0, 0.05) is 0 Å². The highest BCUT2D eigenvalue weighted by molar-refractivity contribution is 5.81. The molecule has 0 fully saturated rings. The normalized spacial score (nSPS) is 12.1. The number of nitrogens with zero attached hydrogens (tertiary/aromatic N) is 1. The molecule has 146 valence electrons. The number of aromatic amines is 1. The second kappa shape index (κ2) is 8.03. The van der Waals surface area contributed by atoms with Crippen LogP contribution in [0, 0.1) is 0 Å². The van der Waals surface area contributed by atoms with E-state index in [0.717, 1.165) is 4.68 Å². The van der Waals surface area contributed by atoms with Crippen molar-refractivity contribution < 1.29 is 18.3 Å². The average Bonchev–Trinajstić information content (AvgIpc) is 2.66. The molecule has 1 atom stereocenters. The molecule has 0 saturated carbocycles. The number of ether oxygens (including phenoxy) is 1. The highest BCUT2D eigenvalue weighted by Gasteiger charge is 2.14. The third kappa shape index (κ3) is 4.25. The number of benzene rings is 2. The van der Waals surface area contributed by atoms with Crippen molar-refractivity contribution >= 4 is 16.7 Å². The number of hydrogen-bond acceptors (Lipinski definition) is 4. The van der Waals surface area contributed by atoms with Gasteiger partial charge in [0.1, 0.15) is 12.3 Å². The molecule has 0 aliphatic rings. The van der Waals surface area contributed by atoms with E-state index in [1.165, 1.54) is 24.3 Å². The van der Waals surface area contributed by atoms with Crippen molar-refractivity contribution in [3.05, 3.63) is 74.8 Å². The van der Waals surface area contributed by atoms with Crippen molar-refractivity contribution in [3.8, 4) is 5.75 Å². The van der Waals surface area contributed by atoms with Gasteiger partial charge in [0.25, 0.3) is 11.1 Å². The maximum atomic E-state index is 12.4. The molecule has 9 heteroatoms. The second-order valence-electron chi connectivity index (χ2n) is 6.11. The van der Waals surface area contributed by atoms with Crippen LogP contribution in [0.4, 0.5) is 8.78 Å². The highest BCUT2D eigenvalue weighted by Crippen LogP contribution is 2.19. The van der Waals surface area contributed by atoms with E-state index >= 15 is 0 Å². The predicted molar refractivity (Wildman–Crippen MR) is 98.5 cm³/mol. The second-order valence-corrected chi connectivity index (χ2v) is 6.11. The number of rotatable bonds is 6.